The monoisotopic (exact) mass is 786 g/mol. The minimum Gasteiger partial charge on any atom is -0.163 e. The average Bonchev–Trinajstić information content (AvgIpc) is 3.68. The number of benzene rings is 7. The van der Waals surface area contributed by atoms with Crippen LogP contribution in [0.15, 0.2) is 269 Å². The zero-order chi connectivity index (χ0) is 39.9. The van der Waals surface area contributed by atoms with Crippen LogP contribution >= 0.6 is 20.1 Å². The van der Waals surface area contributed by atoms with Gasteiger partial charge in [-0.3, -0.25) is 0 Å². The molecule has 0 radical (unpaired) electrons. The van der Waals surface area contributed by atoms with Crippen LogP contribution in [-0.4, -0.2) is 6.26 Å². The van der Waals surface area contributed by atoms with Crippen molar-refractivity contribution >= 4 is 20.1 Å². The van der Waals surface area contributed by atoms with Gasteiger partial charge in [0.15, 0.2) is 0 Å². The molecular weight excluding hydrogens is 737 g/mol. The summed E-state index contributed by atoms with van der Waals surface area (Å²) in [5.74, 6) is 0. The summed E-state index contributed by atoms with van der Waals surface area (Å²) in [7, 11) is -3.54. The molecule has 0 saturated carbocycles. The molecule has 58 heavy (non-hydrogen) atoms. The van der Waals surface area contributed by atoms with Crippen molar-refractivity contribution in [3.63, 3.8) is 0 Å². The van der Waals surface area contributed by atoms with Crippen molar-refractivity contribution in [2.24, 2.45) is 0 Å². The van der Waals surface area contributed by atoms with Crippen LogP contribution in [0.4, 0.5) is 0 Å². The number of allylic oxidation sites excluding steroid dienone is 8. The lowest BCUT2D eigenvalue weighted by Crippen LogP contribution is -2.28. The third-order valence-electron chi connectivity index (χ3n) is 12.5. The molecule has 0 nitrogen and oxygen atoms in total. The van der Waals surface area contributed by atoms with Crippen molar-refractivity contribution < 1.29 is 0 Å². The van der Waals surface area contributed by atoms with E-state index in [-0.39, 0.29) is 0 Å². The fourth-order valence-corrected chi connectivity index (χ4v) is 16.5. The van der Waals surface area contributed by atoms with Crippen molar-refractivity contribution in [2.45, 2.75) is 67.4 Å². The van der Waals surface area contributed by atoms with Crippen molar-refractivity contribution in [1.29, 1.82) is 0 Å². The van der Waals surface area contributed by atoms with Crippen LogP contribution in [0.1, 0.15) is 38.8 Å². The van der Waals surface area contributed by atoms with Crippen LogP contribution < -0.4 is 0 Å². The molecule has 0 saturated heterocycles. The Hall–Kier alpha value is -5.80. The summed E-state index contributed by atoms with van der Waals surface area (Å²) in [6, 6.07) is 71.1. The van der Waals surface area contributed by atoms with Crippen LogP contribution in [-0.2, 0) is 5.41 Å². The summed E-state index contributed by atoms with van der Waals surface area (Å²) < 4.78 is 0. The summed E-state index contributed by atoms with van der Waals surface area (Å²) in [6.45, 7) is 9.01. The van der Waals surface area contributed by atoms with Gasteiger partial charge in [-0.05, 0) is 178 Å². The molecule has 0 aromatic heterocycles. The van der Waals surface area contributed by atoms with Crippen LogP contribution in [0.25, 0.3) is 11.1 Å². The highest BCUT2D eigenvalue weighted by atomic mass is 32.3. The highest BCUT2D eigenvalue weighted by molar-refractivity contribution is 8.34. The molecular formula is C56H50S2. The zero-order valence-corrected chi connectivity index (χ0v) is 35.7. The molecule has 0 N–H and O–H groups in total. The zero-order valence-electron chi connectivity index (χ0n) is 34.0. The molecule has 0 bridgehead atoms. The predicted molar refractivity (Wildman–Crippen MR) is 249 cm³/mol. The van der Waals surface area contributed by atoms with E-state index >= 15 is 0 Å². The summed E-state index contributed by atoms with van der Waals surface area (Å²) >= 11 is 0. The lowest BCUT2D eigenvalue weighted by Gasteiger charge is -2.43. The summed E-state index contributed by atoms with van der Waals surface area (Å²) in [6.07, 6.45) is 11.8. The van der Waals surface area contributed by atoms with Gasteiger partial charge in [0.25, 0.3) is 0 Å². The SMILES string of the molecule is C/C=C\C1=C(C)C(C)=C(/C=C\C)C12c1cc(S(C)(c3ccccc3)c3ccccc3)ccc1-c1ccc(S(c3ccccc3)(c3ccccc3)c3ccccc3)cc12. The van der Waals surface area contributed by atoms with E-state index in [4.69, 9.17) is 0 Å². The first-order valence-corrected chi connectivity index (χ1v) is 23.9. The van der Waals surface area contributed by atoms with E-state index in [1.807, 2.05) is 0 Å². The maximum absolute atomic E-state index is 2.62. The van der Waals surface area contributed by atoms with Crippen LogP contribution in [0.2, 0.25) is 0 Å². The normalized spacial score (nSPS) is 15.4. The van der Waals surface area contributed by atoms with Gasteiger partial charge in [-0.25, -0.2) is 0 Å². The van der Waals surface area contributed by atoms with Crippen molar-refractivity contribution in [3.05, 3.63) is 246 Å². The van der Waals surface area contributed by atoms with E-state index < -0.39 is 25.5 Å². The maximum Gasteiger partial charge on any atom is 0.0719 e. The molecule has 0 amide bonds. The summed E-state index contributed by atoms with van der Waals surface area (Å²) in [4.78, 5) is 9.43. The van der Waals surface area contributed by atoms with Crippen LogP contribution in [0.3, 0.4) is 0 Å². The van der Waals surface area contributed by atoms with Gasteiger partial charge in [0.2, 0.25) is 0 Å². The lowest BCUT2D eigenvalue weighted by atomic mass is 9.68. The molecule has 2 heteroatoms. The van der Waals surface area contributed by atoms with Gasteiger partial charge in [-0.2, -0.15) is 10.0 Å². The molecule has 0 heterocycles. The second kappa shape index (κ2) is 15.2. The van der Waals surface area contributed by atoms with E-state index in [1.54, 1.807) is 0 Å². The summed E-state index contributed by atoms with van der Waals surface area (Å²) in [5.41, 5.74) is 10.3. The maximum atomic E-state index is 2.62. The smallest absolute Gasteiger partial charge is 0.0719 e. The number of rotatable bonds is 9. The Morgan fingerprint density at radius 1 is 0.379 bits per heavy atom. The second-order valence-corrected chi connectivity index (χ2v) is 21.7. The molecule has 286 valence electrons. The second-order valence-electron chi connectivity index (χ2n) is 15.3. The predicted octanol–water partition coefficient (Wildman–Crippen LogP) is 16.0. The molecule has 0 atom stereocenters. The Bertz CT molecular complexity index is 2570. The lowest BCUT2D eigenvalue weighted by molar-refractivity contribution is 0.771. The Balaban J connectivity index is 1.40. The molecule has 1 spiro atoms. The van der Waals surface area contributed by atoms with E-state index in [0.717, 1.165) is 0 Å². The molecule has 2 aliphatic carbocycles. The number of hydrogen-bond donors (Lipinski definition) is 0. The van der Waals surface area contributed by atoms with Crippen molar-refractivity contribution in [3.8, 4) is 11.1 Å². The Labute approximate surface area is 348 Å². The topological polar surface area (TPSA) is 0 Å². The fraction of sp³-hybridized carbons (Fsp3) is 0.107. The van der Waals surface area contributed by atoms with Gasteiger partial charge in [-0.15, -0.1) is 10.0 Å². The van der Waals surface area contributed by atoms with E-state index in [1.165, 1.54) is 78.8 Å². The van der Waals surface area contributed by atoms with Gasteiger partial charge in [0.05, 0.1) is 5.41 Å². The number of fused-ring (bicyclic) bond motifs is 5. The van der Waals surface area contributed by atoms with Gasteiger partial charge < -0.3 is 0 Å². The molecule has 0 fully saturated rings. The highest BCUT2D eigenvalue weighted by Crippen LogP contribution is 2.75. The van der Waals surface area contributed by atoms with Gasteiger partial charge >= 0.3 is 0 Å². The number of hydrogen-bond acceptors (Lipinski definition) is 0. The summed E-state index contributed by atoms with van der Waals surface area (Å²) in [5, 5.41) is 0. The highest BCUT2D eigenvalue weighted by Gasteiger charge is 2.52. The molecule has 2 aliphatic rings. The molecule has 9 rings (SSSR count). The average molecular weight is 787 g/mol. The largest absolute Gasteiger partial charge is 0.163 e. The first kappa shape index (κ1) is 37.8. The van der Waals surface area contributed by atoms with Crippen LogP contribution in [0, 0.1) is 0 Å². The Kier molecular flexibility index (Phi) is 9.88. The third-order valence-corrected chi connectivity index (χ3v) is 20.0. The van der Waals surface area contributed by atoms with Crippen LogP contribution in [0.5, 0.6) is 0 Å². The minimum atomic E-state index is -1.92. The first-order valence-electron chi connectivity index (χ1n) is 20.3. The van der Waals surface area contributed by atoms with Gasteiger partial charge in [-0.1, -0.05) is 127 Å². The van der Waals surface area contributed by atoms with Crippen molar-refractivity contribution in [2.75, 3.05) is 6.26 Å². The van der Waals surface area contributed by atoms with E-state index in [9.17, 15) is 0 Å². The van der Waals surface area contributed by atoms with Gasteiger partial charge in [0.1, 0.15) is 0 Å². The first-order chi connectivity index (χ1) is 28.4. The quantitative estimate of drug-likeness (QED) is 0.137. The van der Waals surface area contributed by atoms with E-state index in [0.29, 0.717) is 0 Å². The molecule has 7 aromatic carbocycles. The van der Waals surface area contributed by atoms with Gasteiger partial charge in [0, 0.05) is 19.6 Å². The molecule has 7 aromatic rings. The van der Waals surface area contributed by atoms with Crippen molar-refractivity contribution in [1.82, 2.24) is 0 Å². The Morgan fingerprint density at radius 2 is 0.707 bits per heavy atom. The Morgan fingerprint density at radius 3 is 1.07 bits per heavy atom. The third kappa shape index (κ3) is 5.53. The standard InChI is InChI=1S/C56H50S2/c1-6-23-52-41(3)42(4)53(24-7-2)56(52)54-39-48(57(5,43-25-13-8-14-26-43)44-27-15-9-16-28-44)35-37-50(54)51-38-36-49(40-55(51)56)58(45-29-17-10-18-30-45,46-31-19-11-20-32-46)47-33-21-12-22-34-47/h6-40H,1-5H3/b23-6-,24-7-. The molecule has 0 unspecified atom stereocenters. The molecule has 0 aliphatic heterocycles. The fourth-order valence-electron chi connectivity index (χ4n) is 9.74. The minimum absolute atomic E-state index is 0.507. The van der Waals surface area contributed by atoms with E-state index in [2.05, 4.69) is 246 Å².